The first-order valence-corrected chi connectivity index (χ1v) is 10.8. The highest BCUT2D eigenvalue weighted by atomic mass is 16.4. The van der Waals surface area contributed by atoms with Crippen molar-refractivity contribution in [2.45, 2.75) is 12.0 Å². The zero-order valence-electron chi connectivity index (χ0n) is 17.6. The van der Waals surface area contributed by atoms with Crippen LogP contribution < -0.4 is 10.8 Å². The van der Waals surface area contributed by atoms with Crippen LogP contribution in [0.15, 0.2) is 115 Å². The van der Waals surface area contributed by atoms with Gasteiger partial charge in [0.05, 0.1) is 5.54 Å². The van der Waals surface area contributed by atoms with Gasteiger partial charge in [0, 0.05) is 5.69 Å². The molecule has 4 heteroatoms. The lowest BCUT2D eigenvalue weighted by molar-refractivity contribution is 0.426. The van der Waals surface area contributed by atoms with Crippen molar-refractivity contribution in [3.63, 3.8) is 0 Å². The van der Waals surface area contributed by atoms with Gasteiger partial charge in [-0.25, -0.2) is 0 Å². The molecule has 4 aromatic rings. The van der Waals surface area contributed by atoms with Gasteiger partial charge in [-0.1, -0.05) is 103 Å². The maximum atomic E-state index is 9.30. The zero-order chi connectivity index (χ0) is 22.0. The minimum atomic E-state index is -1.45. The fourth-order valence-electron chi connectivity index (χ4n) is 4.45. The van der Waals surface area contributed by atoms with Gasteiger partial charge in [0.25, 0.3) is 0 Å². The van der Waals surface area contributed by atoms with Gasteiger partial charge in [0.15, 0.2) is 0 Å². The first-order valence-electron chi connectivity index (χ1n) is 10.8. The smallest absolute Gasteiger partial charge is 0.423 e. The summed E-state index contributed by atoms with van der Waals surface area (Å²) < 4.78 is 0. The largest absolute Gasteiger partial charge is 0.488 e. The molecule has 156 valence electrons. The van der Waals surface area contributed by atoms with E-state index in [2.05, 4.69) is 96.4 Å². The molecule has 0 aliphatic heterocycles. The van der Waals surface area contributed by atoms with Crippen LogP contribution in [0.25, 0.3) is 21.9 Å². The third kappa shape index (κ3) is 3.86. The second-order valence-corrected chi connectivity index (χ2v) is 8.19. The van der Waals surface area contributed by atoms with Crippen LogP contribution in [-0.2, 0) is 5.54 Å². The molecule has 1 unspecified atom stereocenters. The Morgan fingerprint density at radius 1 is 0.719 bits per heavy atom. The molecule has 0 saturated carbocycles. The van der Waals surface area contributed by atoms with E-state index in [9.17, 15) is 10.0 Å². The van der Waals surface area contributed by atoms with Gasteiger partial charge < -0.3 is 15.4 Å². The van der Waals surface area contributed by atoms with E-state index >= 15 is 0 Å². The van der Waals surface area contributed by atoms with E-state index in [1.165, 1.54) is 16.3 Å². The highest BCUT2D eigenvalue weighted by Gasteiger charge is 2.30. The first kappa shape index (κ1) is 20.3. The van der Waals surface area contributed by atoms with Crippen molar-refractivity contribution >= 4 is 29.0 Å². The summed E-state index contributed by atoms with van der Waals surface area (Å²) >= 11 is 0. The standard InChI is InChI=1S/C28H24BNO2/c31-29(32)24-15-11-21(12-16-24)22-13-17-25(18-14-22)30-28(19-4-1-5-20-28)27-10-6-8-23-7-2-3-9-26(23)27/h1-19,30-32H,20H2. The Balaban J connectivity index is 1.47. The van der Waals surface area contributed by atoms with E-state index in [4.69, 9.17) is 0 Å². The topological polar surface area (TPSA) is 52.5 Å². The maximum Gasteiger partial charge on any atom is 0.488 e. The summed E-state index contributed by atoms with van der Waals surface area (Å²) in [6, 6.07) is 30.7. The van der Waals surface area contributed by atoms with Crippen LogP contribution in [0.5, 0.6) is 0 Å². The fourth-order valence-corrected chi connectivity index (χ4v) is 4.45. The molecule has 0 spiro atoms. The Morgan fingerprint density at radius 2 is 1.41 bits per heavy atom. The molecular weight excluding hydrogens is 393 g/mol. The Bertz CT molecular complexity index is 1290. The number of fused-ring (bicyclic) bond motifs is 1. The Kier molecular flexibility index (Phi) is 5.40. The summed E-state index contributed by atoms with van der Waals surface area (Å²) in [6.07, 6.45) is 9.54. The molecule has 5 rings (SSSR count). The van der Waals surface area contributed by atoms with Gasteiger partial charge >= 0.3 is 7.12 Å². The third-order valence-corrected chi connectivity index (χ3v) is 6.13. The molecular formula is C28H24BNO2. The second kappa shape index (κ2) is 8.50. The molecule has 0 saturated heterocycles. The molecule has 0 aromatic heterocycles. The summed E-state index contributed by atoms with van der Waals surface area (Å²) in [5.41, 5.74) is 4.58. The van der Waals surface area contributed by atoms with Crippen LogP contribution in [0.4, 0.5) is 5.69 Å². The average Bonchev–Trinajstić information content (AvgIpc) is 2.85. The second-order valence-electron chi connectivity index (χ2n) is 8.19. The molecule has 4 aromatic carbocycles. The lowest BCUT2D eigenvalue weighted by atomic mass is 9.80. The minimum absolute atomic E-state index is 0.323. The minimum Gasteiger partial charge on any atom is -0.423 e. The van der Waals surface area contributed by atoms with Crippen LogP contribution in [0, 0.1) is 0 Å². The lowest BCUT2D eigenvalue weighted by Crippen LogP contribution is -2.34. The van der Waals surface area contributed by atoms with Crippen LogP contribution in [0.3, 0.4) is 0 Å². The molecule has 0 bridgehead atoms. The highest BCUT2D eigenvalue weighted by molar-refractivity contribution is 6.58. The number of allylic oxidation sites excluding steroid dienone is 2. The van der Waals surface area contributed by atoms with Crippen LogP contribution in [0.1, 0.15) is 12.0 Å². The van der Waals surface area contributed by atoms with Gasteiger partial charge in [0.1, 0.15) is 0 Å². The molecule has 0 amide bonds. The van der Waals surface area contributed by atoms with Crippen molar-refractivity contribution in [3.8, 4) is 11.1 Å². The molecule has 1 aliphatic carbocycles. The number of nitrogens with one attached hydrogen (secondary N) is 1. The SMILES string of the molecule is OB(O)c1ccc(-c2ccc(NC3(c4cccc5ccccc45)C=CC=CC3)cc2)cc1. The van der Waals surface area contributed by atoms with E-state index in [-0.39, 0.29) is 5.54 Å². The third-order valence-electron chi connectivity index (χ3n) is 6.13. The number of rotatable bonds is 5. The molecule has 0 fully saturated rings. The Hall–Kier alpha value is -3.60. The van der Waals surface area contributed by atoms with Crippen molar-refractivity contribution < 1.29 is 10.0 Å². The summed E-state index contributed by atoms with van der Waals surface area (Å²) in [4.78, 5) is 0. The van der Waals surface area contributed by atoms with Crippen LogP contribution in [0.2, 0.25) is 0 Å². The van der Waals surface area contributed by atoms with E-state index in [1.807, 2.05) is 12.1 Å². The van der Waals surface area contributed by atoms with Crippen molar-refractivity contribution in [1.29, 1.82) is 0 Å². The predicted molar refractivity (Wildman–Crippen MR) is 134 cm³/mol. The molecule has 32 heavy (non-hydrogen) atoms. The van der Waals surface area contributed by atoms with Gasteiger partial charge in [-0.15, -0.1) is 0 Å². The molecule has 3 N–H and O–H groups in total. The maximum absolute atomic E-state index is 9.30. The van der Waals surface area contributed by atoms with Crippen molar-refractivity contribution in [3.05, 3.63) is 121 Å². The van der Waals surface area contributed by atoms with E-state index in [0.717, 1.165) is 23.2 Å². The predicted octanol–water partition coefficient (Wildman–Crippen LogP) is 5.01. The van der Waals surface area contributed by atoms with Gasteiger partial charge in [0.2, 0.25) is 0 Å². The molecule has 1 atom stereocenters. The molecule has 3 nitrogen and oxygen atoms in total. The molecule has 0 heterocycles. The quantitative estimate of drug-likeness (QED) is 0.400. The monoisotopic (exact) mass is 417 g/mol. The van der Waals surface area contributed by atoms with Gasteiger partial charge in [-0.3, -0.25) is 0 Å². The van der Waals surface area contributed by atoms with Gasteiger partial charge in [-0.05, 0) is 51.5 Å². The van der Waals surface area contributed by atoms with Crippen LogP contribution >= 0.6 is 0 Å². The number of hydrogen-bond acceptors (Lipinski definition) is 3. The average molecular weight is 417 g/mol. The van der Waals surface area contributed by atoms with Crippen molar-refractivity contribution in [2.75, 3.05) is 5.32 Å². The zero-order valence-corrected chi connectivity index (χ0v) is 17.6. The number of anilines is 1. The van der Waals surface area contributed by atoms with Crippen molar-refractivity contribution in [2.24, 2.45) is 0 Å². The Morgan fingerprint density at radius 3 is 2.09 bits per heavy atom. The lowest BCUT2D eigenvalue weighted by Gasteiger charge is -2.35. The van der Waals surface area contributed by atoms with E-state index < -0.39 is 7.12 Å². The summed E-state index contributed by atoms with van der Waals surface area (Å²) in [5.74, 6) is 0. The Labute approximate surface area is 188 Å². The summed E-state index contributed by atoms with van der Waals surface area (Å²) in [6.45, 7) is 0. The van der Waals surface area contributed by atoms with Crippen molar-refractivity contribution in [1.82, 2.24) is 0 Å². The number of hydrogen-bond donors (Lipinski definition) is 3. The summed E-state index contributed by atoms with van der Waals surface area (Å²) in [5, 5.41) is 24.9. The van der Waals surface area contributed by atoms with E-state index in [0.29, 0.717) is 5.46 Å². The van der Waals surface area contributed by atoms with Crippen LogP contribution in [-0.4, -0.2) is 17.2 Å². The fraction of sp³-hybridized carbons (Fsp3) is 0.0714. The normalized spacial score (nSPS) is 17.4. The van der Waals surface area contributed by atoms with E-state index in [1.54, 1.807) is 12.1 Å². The molecule has 1 aliphatic rings. The molecule has 0 radical (unpaired) electrons. The number of benzene rings is 4. The highest BCUT2D eigenvalue weighted by Crippen LogP contribution is 2.38. The first-order chi connectivity index (χ1) is 15.6. The van der Waals surface area contributed by atoms with Gasteiger partial charge in [-0.2, -0.15) is 0 Å². The summed E-state index contributed by atoms with van der Waals surface area (Å²) in [7, 11) is -1.45.